The summed E-state index contributed by atoms with van der Waals surface area (Å²) < 4.78 is 0. The zero-order valence-electron chi connectivity index (χ0n) is 15.8. The highest BCUT2D eigenvalue weighted by atomic mass is 35.5. The smallest absolute Gasteiger partial charge is 0.293 e. The Labute approximate surface area is 172 Å². The van der Waals surface area contributed by atoms with Gasteiger partial charge in [0.25, 0.3) is 11.6 Å². The molecule has 0 bridgehead atoms. The fourth-order valence-electron chi connectivity index (χ4n) is 2.82. The standard InChI is InChI=1S/C21H19ClN4O3/c1-13-16(22)6-5-8-17(13)25-21(27)15-9-10-19(20(12-15)26(28)29)24-14(2)18-7-3-4-11-23-18/h3-12,14,24H,1-2H3,(H,25,27). The van der Waals surface area contributed by atoms with Crippen LogP contribution in [-0.4, -0.2) is 15.8 Å². The van der Waals surface area contributed by atoms with Crippen molar-refractivity contribution in [3.05, 3.63) is 92.8 Å². The van der Waals surface area contributed by atoms with Crippen LogP contribution in [0.5, 0.6) is 0 Å². The van der Waals surface area contributed by atoms with E-state index in [4.69, 9.17) is 11.6 Å². The predicted molar refractivity (Wildman–Crippen MR) is 114 cm³/mol. The fraction of sp³-hybridized carbons (Fsp3) is 0.143. The lowest BCUT2D eigenvalue weighted by molar-refractivity contribution is -0.384. The number of carbonyl (C=O) groups excluding carboxylic acids is 1. The van der Waals surface area contributed by atoms with Gasteiger partial charge in [0.1, 0.15) is 5.69 Å². The number of nitro benzene ring substituents is 1. The van der Waals surface area contributed by atoms with Crippen LogP contribution < -0.4 is 10.6 Å². The predicted octanol–water partition coefficient (Wildman–Crippen LogP) is 5.38. The number of anilines is 2. The molecule has 2 N–H and O–H groups in total. The lowest BCUT2D eigenvalue weighted by atomic mass is 10.1. The molecule has 0 spiro atoms. The molecule has 3 rings (SSSR count). The molecule has 1 unspecified atom stereocenters. The third-order valence-electron chi connectivity index (χ3n) is 4.48. The summed E-state index contributed by atoms with van der Waals surface area (Å²) >= 11 is 6.08. The molecule has 1 aromatic heterocycles. The first-order valence-corrected chi connectivity index (χ1v) is 9.27. The number of carbonyl (C=O) groups is 1. The van der Waals surface area contributed by atoms with Gasteiger partial charge >= 0.3 is 0 Å². The Kier molecular flexibility index (Phi) is 6.09. The van der Waals surface area contributed by atoms with Gasteiger partial charge in [-0.15, -0.1) is 0 Å². The number of rotatable bonds is 6. The van der Waals surface area contributed by atoms with Crippen molar-refractivity contribution in [1.29, 1.82) is 0 Å². The van der Waals surface area contributed by atoms with Crippen molar-refractivity contribution >= 4 is 34.6 Å². The number of nitro groups is 1. The molecule has 0 fully saturated rings. The van der Waals surface area contributed by atoms with E-state index in [9.17, 15) is 14.9 Å². The largest absolute Gasteiger partial charge is 0.371 e. The molecule has 1 amide bonds. The van der Waals surface area contributed by atoms with Crippen molar-refractivity contribution in [2.45, 2.75) is 19.9 Å². The minimum atomic E-state index is -0.519. The van der Waals surface area contributed by atoms with Gasteiger partial charge in [-0.25, -0.2) is 0 Å². The Morgan fingerprint density at radius 2 is 1.93 bits per heavy atom. The van der Waals surface area contributed by atoms with Gasteiger partial charge in [-0.1, -0.05) is 23.7 Å². The number of aromatic nitrogens is 1. The first-order valence-electron chi connectivity index (χ1n) is 8.89. The maximum Gasteiger partial charge on any atom is 0.293 e. The average molecular weight is 411 g/mol. The van der Waals surface area contributed by atoms with Gasteiger partial charge in [0.15, 0.2) is 0 Å². The summed E-state index contributed by atoms with van der Waals surface area (Å²) in [5, 5.41) is 17.9. The molecule has 0 radical (unpaired) electrons. The van der Waals surface area contributed by atoms with Crippen molar-refractivity contribution in [2.24, 2.45) is 0 Å². The summed E-state index contributed by atoms with van der Waals surface area (Å²) in [6.45, 7) is 3.64. The second kappa shape index (κ2) is 8.70. The molecule has 1 heterocycles. The summed E-state index contributed by atoms with van der Waals surface area (Å²) in [4.78, 5) is 27.9. The maximum atomic E-state index is 12.6. The molecule has 8 heteroatoms. The van der Waals surface area contributed by atoms with Crippen LogP contribution in [0.4, 0.5) is 17.1 Å². The summed E-state index contributed by atoms with van der Waals surface area (Å²) in [6, 6.07) is 14.7. The monoisotopic (exact) mass is 410 g/mol. The molecular formula is C21H19ClN4O3. The van der Waals surface area contributed by atoms with Crippen LogP contribution in [0.2, 0.25) is 5.02 Å². The van der Waals surface area contributed by atoms with Crippen LogP contribution in [0, 0.1) is 17.0 Å². The van der Waals surface area contributed by atoms with E-state index >= 15 is 0 Å². The zero-order valence-corrected chi connectivity index (χ0v) is 16.6. The number of pyridine rings is 1. The number of nitrogens with zero attached hydrogens (tertiary/aromatic N) is 2. The van der Waals surface area contributed by atoms with Crippen LogP contribution >= 0.6 is 11.6 Å². The normalized spacial score (nSPS) is 11.6. The Morgan fingerprint density at radius 3 is 2.62 bits per heavy atom. The maximum absolute atomic E-state index is 12.6. The number of benzene rings is 2. The van der Waals surface area contributed by atoms with Gasteiger partial charge in [0.05, 0.1) is 16.7 Å². The number of nitrogens with one attached hydrogen (secondary N) is 2. The second-order valence-corrected chi connectivity index (χ2v) is 6.88. The van der Waals surface area contributed by atoms with Crippen LogP contribution in [0.15, 0.2) is 60.8 Å². The quantitative estimate of drug-likeness (QED) is 0.420. The van der Waals surface area contributed by atoms with E-state index in [0.717, 1.165) is 11.3 Å². The van der Waals surface area contributed by atoms with Crippen LogP contribution in [0.1, 0.15) is 34.6 Å². The molecular weight excluding hydrogens is 392 g/mol. The Morgan fingerprint density at radius 1 is 1.14 bits per heavy atom. The van der Waals surface area contributed by atoms with E-state index in [0.29, 0.717) is 16.4 Å². The first-order chi connectivity index (χ1) is 13.9. The average Bonchev–Trinajstić information content (AvgIpc) is 2.72. The lowest BCUT2D eigenvalue weighted by Gasteiger charge is -2.15. The van der Waals surface area contributed by atoms with Gasteiger partial charge in [-0.05, 0) is 55.8 Å². The second-order valence-electron chi connectivity index (χ2n) is 6.48. The Hall–Kier alpha value is -3.45. The SMILES string of the molecule is Cc1c(Cl)cccc1NC(=O)c1ccc(NC(C)c2ccccn2)c([N+](=O)[O-])c1. The highest BCUT2D eigenvalue weighted by molar-refractivity contribution is 6.31. The van der Waals surface area contributed by atoms with E-state index in [-0.39, 0.29) is 17.3 Å². The van der Waals surface area contributed by atoms with E-state index in [2.05, 4.69) is 15.6 Å². The van der Waals surface area contributed by atoms with Crippen molar-refractivity contribution in [3.63, 3.8) is 0 Å². The molecule has 2 aromatic carbocycles. The van der Waals surface area contributed by atoms with Gasteiger partial charge < -0.3 is 10.6 Å². The third kappa shape index (κ3) is 4.70. The molecule has 0 aliphatic carbocycles. The molecule has 1 atom stereocenters. The molecule has 0 aliphatic rings. The van der Waals surface area contributed by atoms with Crippen molar-refractivity contribution in [2.75, 3.05) is 10.6 Å². The number of amides is 1. The zero-order chi connectivity index (χ0) is 21.0. The topological polar surface area (TPSA) is 97.2 Å². The van der Waals surface area contributed by atoms with Gasteiger partial charge in [-0.3, -0.25) is 19.9 Å². The summed E-state index contributed by atoms with van der Waals surface area (Å²) in [5.41, 5.74) is 2.31. The van der Waals surface area contributed by atoms with Crippen LogP contribution in [0.25, 0.3) is 0 Å². The number of halogens is 1. The molecule has 3 aromatic rings. The molecule has 7 nitrogen and oxygen atoms in total. The molecule has 0 saturated carbocycles. The molecule has 0 aliphatic heterocycles. The van der Waals surface area contributed by atoms with Crippen LogP contribution in [0.3, 0.4) is 0 Å². The van der Waals surface area contributed by atoms with E-state index in [1.807, 2.05) is 19.1 Å². The van der Waals surface area contributed by atoms with Crippen molar-refractivity contribution < 1.29 is 9.72 Å². The van der Waals surface area contributed by atoms with E-state index in [1.165, 1.54) is 18.2 Å². The lowest BCUT2D eigenvalue weighted by Crippen LogP contribution is -2.14. The third-order valence-corrected chi connectivity index (χ3v) is 4.89. The molecule has 0 saturated heterocycles. The van der Waals surface area contributed by atoms with Gasteiger partial charge in [0, 0.05) is 28.5 Å². The summed E-state index contributed by atoms with van der Waals surface area (Å²) in [7, 11) is 0. The molecule has 29 heavy (non-hydrogen) atoms. The number of hydrogen-bond donors (Lipinski definition) is 2. The Balaban J connectivity index is 1.84. The first kappa shape index (κ1) is 20.3. The minimum Gasteiger partial charge on any atom is -0.371 e. The van der Waals surface area contributed by atoms with Gasteiger partial charge in [0.2, 0.25) is 0 Å². The number of hydrogen-bond acceptors (Lipinski definition) is 5. The fourth-order valence-corrected chi connectivity index (χ4v) is 3.00. The van der Waals surface area contributed by atoms with Crippen LogP contribution in [-0.2, 0) is 0 Å². The van der Waals surface area contributed by atoms with Gasteiger partial charge in [-0.2, -0.15) is 0 Å². The highest BCUT2D eigenvalue weighted by Gasteiger charge is 2.20. The Bertz CT molecular complexity index is 1060. The van der Waals surface area contributed by atoms with E-state index < -0.39 is 10.8 Å². The molecule has 148 valence electrons. The van der Waals surface area contributed by atoms with Crippen molar-refractivity contribution in [3.8, 4) is 0 Å². The summed E-state index contributed by atoms with van der Waals surface area (Å²) in [6.07, 6.45) is 1.66. The van der Waals surface area contributed by atoms with Crippen molar-refractivity contribution in [1.82, 2.24) is 4.98 Å². The minimum absolute atomic E-state index is 0.173. The van der Waals surface area contributed by atoms with E-state index in [1.54, 1.807) is 37.4 Å². The highest BCUT2D eigenvalue weighted by Crippen LogP contribution is 2.30. The summed E-state index contributed by atoms with van der Waals surface area (Å²) in [5.74, 6) is -0.456.